The summed E-state index contributed by atoms with van der Waals surface area (Å²) in [4.78, 5) is 31.3. The van der Waals surface area contributed by atoms with Gasteiger partial charge in [-0.1, -0.05) is 6.42 Å². The van der Waals surface area contributed by atoms with E-state index in [4.69, 9.17) is 4.98 Å². The number of piperidine rings is 1. The summed E-state index contributed by atoms with van der Waals surface area (Å²) in [5.41, 5.74) is 3.43. The number of hydrogen-bond acceptors (Lipinski definition) is 7. The number of aromatic nitrogens is 2. The minimum absolute atomic E-state index is 0.0526. The average molecular weight is 477 g/mol. The fourth-order valence-corrected chi connectivity index (χ4v) is 6.21. The molecule has 1 aromatic carbocycles. The minimum atomic E-state index is 0.0526. The number of hydrogen-bond donors (Lipinski definition) is 2. The molecular weight excluding hydrogens is 440 g/mol. The summed E-state index contributed by atoms with van der Waals surface area (Å²) in [6.07, 6.45) is 6.57. The lowest BCUT2D eigenvalue weighted by Crippen LogP contribution is -2.63. The largest absolute Gasteiger partial charge is 0.369 e. The molecule has 186 valence electrons. The number of rotatable bonds is 4. The molecule has 1 aliphatic carbocycles. The second-order valence-electron chi connectivity index (χ2n) is 10.7. The molecule has 4 heterocycles. The molecule has 3 fully saturated rings. The quantitative estimate of drug-likeness (QED) is 0.702. The summed E-state index contributed by atoms with van der Waals surface area (Å²) in [5.74, 6) is 1.22. The van der Waals surface area contributed by atoms with Crippen LogP contribution in [0.3, 0.4) is 0 Å². The normalized spacial score (nSPS) is 24.3. The van der Waals surface area contributed by atoms with Gasteiger partial charge in [-0.25, -0.2) is 9.78 Å². The predicted octanol–water partition coefficient (Wildman–Crippen LogP) is 2.88. The number of carbonyl (C=O) groups excluding carboxylic acids is 1. The Kier molecular flexibility index (Phi) is 5.76. The van der Waals surface area contributed by atoms with Gasteiger partial charge < -0.3 is 25.3 Å². The Labute approximate surface area is 207 Å². The highest BCUT2D eigenvalue weighted by Gasteiger charge is 2.50. The Morgan fingerprint density at radius 2 is 1.86 bits per heavy atom. The smallest absolute Gasteiger partial charge is 0.325 e. The van der Waals surface area contributed by atoms with Crippen molar-refractivity contribution in [2.24, 2.45) is 5.41 Å². The van der Waals surface area contributed by atoms with Crippen molar-refractivity contribution < 1.29 is 4.79 Å². The van der Waals surface area contributed by atoms with E-state index in [9.17, 15) is 4.79 Å². The van der Waals surface area contributed by atoms with Crippen LogP contribution < -0.4 is 20.4 Å². The van der Waals surface area contributed by atoms with E-state index in [0.29, 0.717) is 18.3 Å². The fraction of sp³-hybridized carbons (Fsp3) is 0.577. The average Bonchev–Trinajstić information content (AvgIpc) is 2.86. The molecule has 0 bridgehead atoms. The van der Waals surface area contributed by atoms with Crippen molar-refractivity contribution in [3.05, 3.63) is 36.0 Å². The van der Waals surface area contributed by atoms with Crippen molar-refractivity contribution in [3.8, 4) is 0 Å². The Balaban J connectivity index is 1.17. The maximum absolute atomic E-state index is 13.4. The lowest BCUT2D eigenvalue weighted by molar-refractivity contribution is -0.00793. The summed E-state index contributed by atoms with van der Waals surface area (Å²) in [6, 6.07) is 8.78. The molecule has 2 aromatic rings. The van der Waals surface area contributed by atoms with Gasteiger partial charge in [-0.05, 0) is 57.1 Å². The van der Waals surface area contributed by atoms with Gasteiger partial charge in [-0.2, -0.15) is 4.98 Å². The summed E-state index contributed by atoms with van der Waals surface area (Å²) < 4.78 is 0. The van der Waals surface area contributed by atoms with Crippen molar-refractivity contribution in [1.82, 2.24) is 25.1 Å². The Morgan fingerprint density at radius 3 is 2.57 bits per heavy atom. The van der Waals surface area contributed by atoms with E-state index in [2.05, 4.69) is 61.6 Å². The molecule has 2 saturated heterocycles. The standard InChI is InChI=1S/C26H36N8O/c1-31-12-14-33(15-13-31)21-6-4-20(5-7-21)29-24-28-16-19-17-34(25(35)32(2)23(19)30-24)22-8-11-27-18-26(22)9-3-10-26/h4-7,16,22,27H,3,8-15,17-18H2,1-2H3,(H,28,29,30). The van der Waals surface area contributed by atoms with E-state index in [1.807, 2.05) is 13.2 Å². The summed E-state index contributed by atoms with van der Waals surface area (Å²) in [5, 5.41) is 6.88. The third-order valence-electron chi connectivity index (χ3n) is 8.53. The van der Waals surface area contributed by atoms with Crippen LogP contribution in [0.2, 0.25) is 0 Å². The molecule has 35 heavy (non-hydrogen) atoms. The minimum Gasteiger partial charge on any atom is -0.369 e. The number of fused-ring (bicyclic) bond motifs is 1. The SMILES string of the molecule is CN1CCN(c2ccc(Nc3ncc4c(n3)N(C)C(=O)N(C3CCNCC35CCC5)C4)cc2)CC1. The fourth-order valence-electron chi connectivity index (χ4n) is 6.21. The van der Waals surface area contributed by atoms with Gasteiger partial charge in [0, 0.05) is 74.4 Å². The molecule has 0 radical (unpaired) electrons. The summed E-state index contributed by atoms with van der Waals surface area (Å²) in [7, 11) is 4.01. The van der Waals surface area contributed by atoms with Gasteiger partial charge in [0.15, 0.2) is 0 Å². The summed E-state index contributed by atoms with van der Waals surface area (Å²) in [6.45, 7) is 6.85. The van der Waals surface area contributed by atoms with Gasteiger partial charge in [0.05, 0.1) is 6.54 Å². The molecule has 9 heteroatoms. The Bertz CT molecular complexity index is 1080. The van der Waals surface area contributed by atoms with E-state index in [0.717, 1.165) is 56.9 Å². The van der Waals surface area contributed by atoms with Crippen molar-refractivity contribution in [2.75, 3.05) is 68.5 Å². The molecule has 1 saturated carbocycles. The van der Waals surface area contributed by atoms with Crippen LogP contribution in [0.4, 0.5) is 27.9 Å². The molecule has 2 N–H and O–H groups in total. The van der Waals surface area contributed by atoms with Crippen LogP contribution in [0.15, 0.2) is 30.5 Å². The molecule has 9 nitrogen and oxygen atoms in total. The number of benzene rings is 1. The number of carbonyl (C=O) groups is 1. The predicted molar refractivity (Wildman–Crippen MR) is 138 cm³/mol. The number of likely N-dealkylation sites (N-methyl/N-ethyl adjacent to an activating group) is 1. The maximum atomic E-state index is 13.4. The number of amides is 2. The second kappa shape index (κ2) is 8.95. The zero-order valence-electron chi connectivity index (χ0n) is 20.8. The third-order valence-corrected chi connectivity index (χ3v) is 8.53. The van der Waals surface area contributed by atoms with E-state index in [-0.39, 0.29) is 17.5 Å². The van der Waals surface area contributed by atoms with E-state index >= 15 is 0 Å². The molecule has 4 aliphatic rings. The first-order valence-electron chi connectivity index (χ1n) is 12.9. The van der Waals surface area contributed by atoms with Crippen LogP contribution >= 0.6 is 0 Å². The maximum Gasteiger partial charge on any atom is 0.325 e. The topological polar surface area (TPSA) is 79.9 Å². The van der Waals surface area contributed by atoms with Crippen LogP contribution in [0, 0.1) is 5.41 Å². The molecule has 1 unspecified atom stereocenters. The molecule has 6 rings (SSSR count). The van der Waals surface area contributed by atoms with Crippen LogP contribution in [-0.2, 0) is 6.54 Å². The highest BCUT2D eigenvalue weighted by atomic mass is 16.2. The van der Waals surface area contributed by atoms with E-state index < -0.39 is 0 Å². The highest BCUT2D eigenvalue weighted by Crippen LogP contribution is 2.49. The number of nitrogens with one attached hydrogen (secondary N) is 2. The first-order chi connectivity index (χ1) is 17.0. The zero-order chi connectivity index (χ0) is 24.0. The van der Waals surface area contributed by atoms with Crippen LogP contribution in [0.25, 0.3) is 0 Å². The van der Waals surface area contributed by atoms with Gasteiger partial charge in [0.2, 0.25) is 5.95 Å². The highest BCUT2D eigenvalue weighted by molar-refractivity contribution is 5.93. The molecule has 3 aliphatic heterocycles. The van der Waals surface area contributed by atoms with E-state index in [1.165, 1.54) is 24.9 Å². The van der Waals surface area contributed by atoms with Crippen LogP contribution in [0.5, 0.6) is 0 Å². The van der Waals surface area contributed by atoms with Crippen molar-refractivity contribution in [1.29, 1.82) is 0 Å². The van der Waals surface area contributed by atoms with Crippen molar-refractivity contribution in [2.45, 2.75) is 38.3 Å². The molecule has 1 aromatic heterocycles. The molecule has 2 amide bonds. The molecule has 1 spiro atoms. The number of nitrogens with zero attached hydrogens (tertiary/aromatic N) is 6. The second-order valence-corrected chi connectivity index (χ2v) is 10.7. The Hall–Kier alpha value is -2.91. The number of anilines is 4. The number of piperazine rings is 1. The first-order valence-corrected chi connectivity index (χ1v) is 12.9. The van der Waals surface area contributed by atoms with Gasteiger partial charge in [0.25, 0.3) is 0 Å². The van der Waals surface area contributed by atoms with Crippen molar-refractivity contribution >= 4 is 29.2 Å². The third kappa shape index (κ3) is 4.10. The first kappa shape index (κ1) is 22.5. The lowest BCUT2D eigenvalue weighted by atomic mass is 9.61. The lowest BCUT2D eigenvalue weighted by Gasteiger charge is -2.55. The molecular formula is C26H36N8O. The van der Waals surface area contributed by atoms with Crippen molar-refractivity contribution in [3.63, 3.8) is 0 Å². The Morgan fingerprint density at radius 1 is 1.09 bits per heavy atom. The van der Waals surface area contributed by atoms with E-state index in [1.54, 1.807) is 4.90 Å². The van der Waals surface area contributed by atoms with Gasteiger partial charge >= 0.3 is 6.03 Å². The number of urea groups is 1. The molecule has 1 atom stereocenters. The summed E-state index contributed by atoms with van der Waals surface area (Å²) >= 11 is 0. The van der Waals surface area contributed by atoms with Crippen LogP contribution in [0.1, 0.15) is 31.2 Å². The monoisotopic (exact) mass is 476 g/mol. The van der Waals surface area contributed by atoms with Gasteiger partial charge in [-0.15, -0.1) is 0 Å². The zero-order valence-corrected chi connectivity index (χ0v) is 20.8. The van der Waals surface area contributed by atoms with Gasteiger partial charge in [-0.3, -0.25) is 4.90 Å². The van der Waals surface area contributed by atoms with Gasteiger partial charge in [0.1, 0.15) is 5.82 Å². The van der Waals surface area contributed by atoms with Crippen LogP contribution in [-0.4, -0.2) is 85.2 Å².